The SMILES string of the molecule is O=C(CCOc1c(F)cccc1F)c1ccc(F)cc1. The average molecular weight is 280 g/mol. The fourth-order valence-corrected chi connectivity index (χ4v) is 1.65. The van der Waals surface area contributed by atoms with E-state index in [2.05, 4.69) is 0 Å². The Bertz CT molecular complexity index is 589. The highest BCUT2D eigenvalue weighted by molar-refractivity contribution is 5.96. The zero-order chi connectivity index (χ0) is 14.5. The van der Waals surface area contributed by atoms with E-state index in [4.69, 9.17) is 4.74 Å². The molecular weight excluding hydrogens is 269 g/mol. The Hall–Kier alpha value is -2.30. The number of ketones is 1. The number of para-hydroxylation sites is 1. The summed E-state index contributed by atoms with van der Waals surface area (Å²) in [5.41, 5.74) is 0.323. The standard InChI is InChI=1S/C15H11F3O2/c16-11-6-4-10(5-7-11)14(19)8-9-20-15-12(17)2-1-3-13(15)18/h1-7H,8-9H2. The summed E-state index contributed by atoms with van der Waals surface area (Å²) in [5, 5.41) is 0. The molecule has 0 unspecified atom stereocenters. The molecule has 2 aromatic rings. The van der Waals surface area contributed by atoms with Gasteiger partial charge in [-0.15, -0.1) is 0 Å². The maximum Gasteiger partial charge on any atom is 0.190 e. The summed E-state index contributed by atoms with van der Waals surface area (Å²) in [7, 11) is 0. The number of halogens is 3. The van der Waals surface area contributed by atoms with Crippen LogP contribution in [0.4, 0.5) is 13.2 Å². The van der Waals surface area contributed by atoms with Crippen molar-refractivity contribution in [1.82, 2.24) is 0 Å². The van der Waals surface area contributed by atoms with Crippen LogP contribution < -0.4 is 4.74 Å². The van der Waals surface area contributed by atoms with Gasteiger partial charge in [0.25, 0.3) is 0 Å². The molecule has 0 aliphatic rings. The number of hydrogen-bond acceptors (Lipinski definition) is 2. The Balaban J connectivity index is 1.93. The Kier molecular flexibility index (Phi) is 4.40. The molecule has 0 saturated carbocycles. The first-order valence-corrected chi connectivity index (χ1v) is 5.93. The second-order valence-electron chi connectivity index (χ2n) is 4.08. The fourth-order valence-electron chi connectivity index (χ4n) is 1.65. The average Bonchev–Trinajstić information content (AvgIpc) is 2.42. The highest BCUT2D eigenvalue weighted by Gasteiger charge is 2.11. The molecule has 0 aliphatic heterocycles. The minimum atomic E-state index is -0.820. The van der Waals surface area contributed by atoms with Crippen LogP contribution in [0, 0.1) is 17.5 Å². The van der Waals surface area contributed by atoms with Gasteiger partial charge < -0.3 is 4.74 Å². The number of carbonyl (C=O) groups excluding carboxylic acids is 1. The van der Waals surface area contributed by atoms with E-state index < -0.39 is 23.2 Å². The van der Waals surface area contributed by atoms with Gasteiger partial charge in [-0.25, -0.2) is 13.2 Å². The Morgan fingerprint density at radius 3 is 2.15 bits per heavy atom. The summed E-state index contributed by atoms with van der Waals surface area (Å²) in [4.78, 5) is 11.7. The zero-order valence-electron chi connectivity index (χ0n) is 10.4. The van der Waals surface area contributed by atoms with Crippen LogP contribution in [-0.4, -0.2) is 12.4 Å². The van der Waals surface area contributed by atoms with Gasteiger partial charge in [-0.3, -0.25) is 4.79 Å². The lowest BCUT2D eigenvalue weighted by atomic mass is 10.1. The lowest BCUT2D eigenvalue weighted by molar-refractivity contribution is 0.0959. The molecule has 0 bridgehead atoms. The van der Waals surface area contributed by atoms with Gasteiger partial charge in [-0.05, 0) is 36.4 Å². The fraction of sp³-hybridized carbons (Fsp3) is 0.133. The van der Waals surface area contributed by atoms with Crippen molar-refractivity contribution in [2.24, 2.45) is 0 Å². The summed E-state index contributed by atoms with van der Waals surface area (Å²) >= 11 is 0. The smallest absolute Gasteiger partial charge is 0.190 e. The third-order valence-electron chi connectivity index (χ3n) is 2.66. The van der Waals surface area contributed by atoms with Crippen LogP contribution in [0.5, 0.6) is 5.75 Å². The molecule has 2 aromatic carbocycles. The number of benzene rings is 2. The molecule has 104 valence electrons. The molecule has 0 atom stereocenters. The van der Waals surface area contributed by atoms with Gasteiger partial charge in [0.15, 0.2) is 23.2 Å². The van der Waals surface area contributed by atoms with Gasteiger partial charge in [0.2, 0.25) is 0 Å². The summed E-state index contributed by atoms with van der Waals surface area (Å²) in [6, 6.07) is 8.40. The monoisotopic (exact) mass is 280 g/mol. The molecule has 2 nitrogen and oxygen atoms in total. The maximum absolute atomic E-state index is 13.3. The van der Waals surface area contributed by atoms with Crippen LogP contribution in [-0.2, 0) is 0 Å². The predicted octanol–water partition coefficient (Wildman–Crippen LogP) is 3.76. The molecule has 20 heavy (non-hydrogen) atoms. The van der Waals surface area contributed by atoms with Crippen molar-refractivity contribution in [3.05, 3.63) is 65.5 Å². The van der Waals surface area contributed by atoms with Gasteiger partial charge in [0.05, 0.1) is 6.61 Å². The molecule has 0 aromatic heterocycles. The van der Waals surface area contributed by atoms with Crippen molar-refractivity contribution < 1.29 is 22.7 Å². The second-order valence-corrected chi connectivity index (χ2v) is 4.08. The van der Waals surface area contributed by atoms with Crippen LogP contribution in [0.15, 0.2) is 42.5 Å². The van der Waals surface area contributed by atoms with E-state index in [-0.39, 0.29) is 18.8 Å². The molecule has 2 rings (SSSR count). The predicted molar refractivity (Wildman–Crippen MR) is 67.2 cm³/mol. The maximum atomic E-state index is 13.3. The van der Waals surface area contributed by atoms with Gasteiger partial charge in [-0.2, -0.15) is 0 Å². The van der Waals surface area contributed by atoms with Gasteiger partial charge in [0, 0.05) is 12.0 Å². The zero-order valence-corrected chi connectivity index (χ0v) is 10.4. The molecule has 5 heteroatoms. The van der Waals surface area contributed by atoms with E-state index in [1.807, 2.05) is 0 Å². The van der Waals surface area contributed by atoms with E-state index in [1.54, 1.807) is 0 Å². The molecular formula is C15H11F3O2. The number of Topliss-reactive ketones (excluding diaryl/α,β-unsaturated/α-hetero) is 1. The van der Waals surface area contributed by atoms with Crippen molar-refractivity contribution in [3.8, 4) is 5.75 Å². The molecule has 0 spiro atoms. The summed E-state index contributed by atoms with van der Waals surface area (Å²) in [6.45, 7) is -0.159. The minimum absolute atomic E-state index is 0.0561. The number of carbonyl (C=O) groups is 1. The third kappa shape index (κ3) is 3.38. The number of rotatable bonds is 5. The normalized spacial score (nSPS) is 10.3. The van der Waals surface area contributed by atoms with Crippen LogP contribution in [0.3, 0.4) is 0 Å². The van der Waals surface area contributed by atoms with Gasteiger partial charge in [-0.1, -0.05) is 6.07 Å². The highest BCUT2D eigenvalue weighted by Crippen LogP contribution is 2.21. The number of hydrogen-bond donors (Lipinski definition) is 0. The molecule has 0 amide bonds. The summed E-state index contributed by atoms with van der Waals surface area (Å²) in [6.07, 6.45) is -0.0561. The van der Waals surface area contributed by atoms with E-state index in [9.17, 15) is 18.0 Å². The highest BCUT2D eigenvalue weighted by atomic mass is 19.1. The van der Waals surface area contributed by atoms with Crippen molar-refractivity contribution >= 4 is 5.78 Å². The third-order valence-corrected chi connectivity index (χ3v) is 2.66. The van der Waals surface area contributed by atoms with Crippen molar-refractivity contribution in [1.29, 1.82) is 0 Å². The first-order valence-electron chi connectivity index (χ1n) is 5.93. The van der Waals surface area contributed by atoms with Crippen molar-refractivity contribution in [3.63, 3.8) is 0 Å². The molecule has 0 radical (unpaired) electrons. The van der Waals surface area contributed by atoms with Crippen LogP contribution >= 0.6 is 0 Å². The summed E-state index contributed by atoms with van der Waals surface area (Å²) < 4.78 is 44.1. The van der Waals surface area contributed by atoms with Gasteiger partial charge in [0.1, 0.15) is 5.82 Å². The topological polar surface area (TPSA) is 26.3 Å². The lowest BCUT2D eigenvalue weighted by Gasteiger charge is -2.07. The van der Waals surface area contributed by atoms with E-state index >= 15 is 0 Å². The van der Waals surface area contributed by atoms with E-state index in [0.717, 1.165) is 12.1 Å². The Morgan fingerprint density at radius 2 is 1.55 bits per heavy atom. The largest absolute Gasteiger partial charge is 0.487 e. The lowest BCUT2D eigenvalue weighted by Crippen LogP contribution is -2.08. The van der Waals surface area contributed by atoms with E-state index in [1.165, 1.54) is 30.3 Å². The molecule has 0 fully saturated rings. The number of ether oxygens (including phenoxy) is 1. The van der Waals surface area contributed by atoms with Crippen molar-refractivity contribution in [2.75, 3.05) is 6.61 Å². The Morgan fingerprint density at radius 1 is 0.950 bits per heavy atom. The van der Waals surface area contributed by atoms with Crippen LogP contribution in [0.2, 0.25) is 0 Å². The molecule has 0 heterocycles. The van der Waals surface area contributed by atoms with E-state index in [0.29, 0.717) is 5.56 Å². The Labute approximate surface area is 113 Å². The molecule has 0 aliphatic carbocycles. The molecule has 0 saturated heterocycles. The minimum Gasteiger partial charge on any atom is -0.487 e. The van der Waals surface area contributed by atoms with Gasteiger partial charge >= 0.3 is 0 Å². The molecule has 0 N–H and O–H groups in total. The second kappa shape index (κ2) is 6.23. The first kappa shape index (κ1) is 14.1. The first-order chi connectivity index (χ1) is 9.58. The van der Waals surface area contributed by atoms with Crippen LogP contribution in [0.25, 0.3) is 0 Å². The van der Waals surface area contributed by atoms with Crippen molar-refractivity contribution in [2.45, 2.75) is 6.42 Å². The quantitative estimate of drug-likeness (QED) is 0.780. The van der Waals surface area contributed by atoms with Crippen LogP contribution in [0.1, 0.15) is 16.8 Å². The summed E-state index contributed by atoms with van der Waals surface area (Å²) in [5.74, 6) is -2.87.